The van der Waals surface area contributed by atoms with Gasteiger partial charge in [0, 0.05) is 19.6 Å². The van der Waals surface area contributed by atoms with Crippen LogP contribution in [0.4, 0.5) is 0 Å². The Labute approximate surface area is 103 Å². The van der Waals surface area contributed by atoms with E-state index in [2.05, 4.69) is 34.2 Å². The minimum Gasteiger partial charge on any atom is -0.344 e. The molecule has 0 saturated heterocycles. The average Bonchev–Trinajstić information content (AvgIpc) is 2.30. The zero-order chi connectivity index (χ0) is 12.5. The second-order valence-corrected chi connectivity index (χ2v) is 3.85. The molecule has 0 aliphatic rings. The molecule has 0 heterocycles. The van der Waals surface area contributed by atoms with Crippen LogP contribution in [0.2, 0.25) is 0 Å². The van der Waals surface area contributed by atoms with Crippen LogP contribution in [0.5, 0.6) is 0 Å². The van der Waals surface area contributed by atoms with Gasteiger partial charge in [-0.05, 0) is 25.5 Å². The molecule has 0 aliphatic heterocycles. The van der Waals surface area contributed by atoms with Crippen LogP contribution < -0.4 is 5.32 Å². The fraction of sp³-hybridized carbons (Fsp3) is 0.357. The smallest absolute Gasteiger partial charge is 0.295 e. The molecule has 3 nitrogen and oxygen atoms in total. The molecule has 17 heavy (non-hydrogen) atoms. The Hall–Kier alpha value is -1.79. The lowest BCUT2D eigenvalue weighted by molar-refractivity contribution is -0.115. The number of nitrogens with zero attached hydrogens (tertiary/aromatic N) is 1. The molecule has 0 atom stereocenters. The average molecular weight is 230 g/mol. The van der Waals surface area contributed by atoms with Gasteiger partial charge in [0.15, 0.2) is 0 Å². The van der Waals surface area contributed by atoms with Crippen molar-refractivity contribution in [3.63, 3.8) is 0 Å². The van der Waals surface area contributed by atoms with Crippen LogP contribution in [0.25, 0.3) is 0 Å². The summed E-state index contributed by atoms with van der Waals surface area (Å²) in [6, 6.07) is 10.3. The van der Waals surface area contributed by atoms with E-state index in [9.17, 15) is 4.79 Å². The van der Waals surface area contributed by atoms with Crippen molar-refractivity contribution < 1.29 is 4.79 Å². The summed E-state index contributed by atoms with van der Waals surface area (Å²) in [5, 5.41) is 2.75. The van der Waals surface area contributed by atoms with Crippen LogP contribution in [0.3, 0.4) is 0 Å². The minimum absolute atomic E-state index is 0.208. The monoisotopic (exact) mass is 230 g/mol. The normalized spacial score (nSPS) is 9.59. The van der Waals surface area contributed by atoms with E-state index in [1.54, 1.807) is 6.92 Å². The molecule has 0 unspecified atom stereocenters. The summed E-state index contributed by atoms with van der Waals surface area (Å²) in [5.74, 6) is 4.81. The summed E-state index contributed by atoms with van der Waals surface area (Å²) < 4.78 is 0. The van der Waals surface area contributed by atoms with Gasteiger partial charge in [-0.3, -0.25) is 4.79 Å². The first-order valence-corrected chi connectivity index (χ1v) is 5.65. The zero-order valence-electron chi connectivity index (χ0n) is 10.4. The Morgan fingerprint density at radius 1 is 1.35 bits per heavy atom. The van der Waals surface area contributed by atoms with Crippen LogP contribution in [0, 0.1) is 11.8 Å². The highest BCUT2D eigenvalue weighted by molar-refractivity contribution is 5.93. The zero-order valence-corrected chi connectivity index (χ0v) is 10.4. The van der Waals surface area contributed by atoms with Gasteiger partial charge in [0.1, 0.15) is 0 Å². The number of rotatable bonds is 5. The molecule has 0 fully saturated rings. The maximum absolute atomic E-state index is 11.1. The fourth-order valence-corrected chi connectivity index (χ4v) is 1.49. The fourth-order valence-electron chi connectivity index (χ4n) is 1.49. The second kappa shape index (κ2) is 7.48. The van der Waals surface area contributed by atoms with E-state index < -0.39 is 0 Å². The number of likely N-dealkylation sites (N-methyl/N-ethyl adjacent to an activating group) is 1. The first-order chi connectivity index (χ1) is 8.22. The molecule has 3 heteroatoms. The highest BCUT2D eigenvalue weighted by atomic mass is 16.1. The minimum atomic E-state index is -0.208. The summed E-state index contributed by atoms with van der Waals surface area (Å²) in [7, 11) is 2.03. The Balaban J connectivity index is 2.23. The van der Waals surface area contributed by atoms with Crippen molar-refractivity contribution in [3.05, 3.63) is 35.9 Å². The largest absolute Gasteiger partial charge is 0.344 e. The van der Waals surface area contributed by atoms with Crippen molar-refractivity contribution in [1.29, 1.82) is 0 Å². The third kappa shape index (κ3) is 5.74. The molecule has 1 amide bonds. The van der Waals surface area contributed by atoms with Crippen molar-refractivity contribution in [2.75, 3.05) is 20.1 Å². The van der Waals surface area contributed by atoms with Gasteiger partial charge < -0.3 is 10.2 Å². The third-order valence-electron chi connectivity index (χ3n) is 2.31. The van der Waals surface area contributed by atoms with Crippen molar-refractivity contribution in [3.8, 4) is 11.8 Å². The Bertz CT molecular complexity index is 403. The molecule has 1 N–H and O–H groups in total. The van der Waals surface area contributed by atoms with Gasteiger partial charge in [-0.2, -0.15) is 0 Å². The number of nitrogens with one attached hydrogen (secondary N) is 1. The summed E-state index contributed by atoms with van der Waals surface area (Å²) in [6.07, 6.45) is 0. The van der Waals surface area contributed by atoms with Crippen LogP contribution in [0.1, 0.15) is 12.5 Å². The molecule has 90 valence electrons. The maximum Gasteiger partial charge on any atom is 0.295 e. The standard InChI is InChI=1S/C14H18N2O/c1-3-7-14(17)15-10-11-16(2)12-13-8-5-4-6-9-13/h4-6,8-9H,10-12H2,1-2H3,(H,15,17). The van der Waals surface area contributed by atoms with Crippen molar-refractivity contribution in [1.82, 2.24) is 10.2 Å². The SMILES string of the molecule is CC#CC(=O)NCCN(C)Cc1ccccc1. The first-order valence-electron chi connectivity index (χ1n) is 5.65. The van der Waals surface area contributed by atoms with Crippen molar-refractivity contribution in [2.24, 2.45) is 0 Å². The molecule has 1 rings (SSSR count). The van der Waals surface area contributed by atoms with E-state index in [1.165, 1.54) is 5.56 Å². The molecular formula is C14H18N2O. The van der Waals surface area contributed by atoms with E-state index in [0.29, 0.717) is 6.54 Å². The predicted octanol–water partition coefficient (Wildman–Crippen LogP) is 1.26. The van der Waals surface area contributed by atoms with Crippen LogP contribution in [-0.4, -0.2) is 30.9 Å². The molecular weight excluding hydrogens is 212 g/mol. The topological polar surface area (TPSA) is 32.3 Å². The number of benzene rings is 1. The Kier molecular flexibility index (Phi) is 5.84. The number of carbonyl (C=O) groups is 1. The van der Waals surface area contributed by atoms with Crippen molar-refractivity contribution in [2.45, 2.75) is 13.5 Å². The quantitative estimate of drug-likeness (QED) is 0.772. The lowest BCUT2D eigenvalue weighted by Crippen LogP contribution is -2.32. The maximum atomic E-state index is 11.1. The molecule has 1 aromatic rings. The summed E-state index contributed by atoms with van der Waals surface area (Å²) in [5.41, 5.74) is 1.27. The van der Waals surface area contributed by atoms with E-state index in [1.807, 2.05) is 25.2 Å². The van der Waals surface area contributed by atoms with Gasteiger partial charge in [-0.1, -0.05) is 36.3 Å². The molecule has 0 saturated carbocycles. The number of hydrogen-bond donors (Lipinski definition) is 1. The molecule has 0 aliphatic carbocycles. The summed E-state index contributed by atoms with van der Waals surface area (Å²) >= 11 is 0. The third-order valence-corrected chi connectivity index (χ3v) is 2.31. The number of hydrogen-bond acceptors (Lipinski definition) is 2. The van der Waals surface area contributed by atoms with Gasteiger partial charge in [0.25, 0.3) is 5.91 Å². The molecule has 0 aromatic heterocycles. The summed E-state index contributed by atoms with van der Waals surface area (Å²) in [6.45, 7) is 3.97. The predicted molar refractivity (Wildman–Crippen MR) is 69.2 cm³/mol. The highest BCUT2D eigenvalue weighted by Gasteiger charge is 2.00. The summed E-state index contributed by atoms with van der Waals surface area (Å²) in [4.78, 5) is 13.2. The number of carbonyl (C=O) groups excluding carboxylic acids is 1. The van der Waals surface area contributed by atoms with E-state index in [0.717, 1.165) is 13.1 Å². The van der Waals surface area contributed by atoms with E-state index >= 15 is 0 Å². The molecule has 0 spiro atoms. The van der Waals surface area contributed by atoms with Crippen molar-refractivity contribution >= 4 is 5.91 Å². The Morgan fingerprint density at radius 3 is 2.71 bits per heavy atom. The highest BCUT2D eigenvalue weighted by Crippen LogP contribution is 2.01. The van der Waals surface area contributed by atoms with Crippen LogP contribution >= 0.6 is 0 Å². The van der Waals surface area contributed by atoms with Crippen LogP contribution in [-0.2, 0) is 11.3 Å². The van der Waals surface area contributed by atoms with E-state index in [4.69, 9.17) is 0 Å². The number of amides is 1. The van der Waals surface area contributed by atoms with Gasteiger partial charge >= 0.3 is 0 Å². The van der Waals surface area contributed by atoms with Gasteiger partial charge in [-0.15, -0.1) is 0 Å². The van der Waals surface area contributed by atoms with E-state index in [-0.39, 0.29) is 5.91 Å². The Morgan fingerprint density at radius 2 is 2.06 bits per heavy atom. The first kappa shape index (κ1) is 13.3. The molecule has 0 radical (unpaired) electrons. The lowest BCUT2D eigenvalue weighted by atomic mass is 10.2. The molecule has 0 bridgehead atoms. The second-order valence-electron chi connectivity index (χ2n) is 3.85. The van der Waals surface area contributed by atoms with Gasteiger partial charge in [0.2, 0.25) is 0 Å². The molecule has 1 aromatic carbocycles. The van der Waals surface area contributed by atoms with Gasteiger partial charge in [-0.25, -0.2) is 0 Å². The van der Waals surface area contributed by atoms with Crippen LogP contribution in [0.15, 0.2) is 30.3 Å². The lowest BCUT2D eigenvalue weighted by Gasteiger charge is -2.16. The van der Waals surface area contributed by atoms with Gasteiger partial charge in [0.05, 0.1) is 0 Å².